The molecule has 0 spiro atoms. The molecule has 6 heteroatoms. The van der Waals surface area contributed by atoms with Gasteiger partial charge < -0.3 is 20.3 Å². The largest absolute Gasteiger partial charge is 4.00 e. The van der Waals surface area contributed by atoms with E-state index >= 15 is 0 Å². The van der Waals surface area contributed by atoms with E-state index in [2.05, 4.69) is 58.0 Å². The van der Waals surface area contributed by atoms with Gasteiger partial charge in [-0.2, -0.15) is 0 Å². The van der Waals surface area contributed by atoms with Gasteiger partial charge >= 0.3 is 21.7 Å². The van der Waals surface area contributed by atoms with Crippen LogP contribution in [0, 0.1) is 5.92 Å². The molecule has 0 bridgehead atoms. The van der Waals surface area contributed by atoms with Crippen molar-refractivity contribution < 1.29 is 37.0 Å². The Morgan fingerprint density at radius 3 is 1.30 bits per heavy atom. The Hall–Kier alpha value is -0.00883. The predicted molar refractivity (Wildman–Crippen MR) is 112 cm³/mol. The SMILES string of the molecule is CC(C)C(C)(C)[N-][SiH2]c1ccccc1.CC(C)[O-].CC(C)[O-].CC(C)[O-].[Ti+4]. The quantitative estimate of drug-likeness (QED) is 0.677. The molecule has 156 valence electrons. The average Bonchev–Trinajstić information content (AvgIpc) is 2.44. The van der Waals surface area contributed by atoms with Crippen LogP contribution in [0.5, 0.6) is 0 Å². The summed E-state index contributed by atoms with van der Waals surface area (Å²) in [7, 11) is -0.433. The van der Waals surface area contributed by atoms with E-state index in [9.17, 15) is 15.3 Å². The molecule has 0 aromatic heterocycles. The molecule has 4 nitrogen and oxygen atoms in total. The molecule has 0 saturated carbocycles. The van der Waals surface area contributed by atoms with Gasteiger partial charge in [0.2, 0.25) is 0 Å². The van der Waals surface area contributed by atoms with Gasteiger partial charge in [-0.1, -0.05) is 120 Å². The van der Waals surface area contributed by atoms with Crippen molar-refractivity contribution in [2.45, 2.75) is 93.1 Å². The summed E-state index contributed by atoms with van der Waals surface area (Å²) in [4.78, 5) is 4.86. The van der Waals surface area contributed by atoms with Crippen LogP contribution in [0.4, 0.5) is 0 Å². The fraction of sp³-hybridized carbons (Fsp3) is 0.714. The van der Waals surface area contributed by atoms with Crippen LogP contribution >= 0.6 is 0 Å². The minimum atomic E-state index is -0.433. The van der Waals surface area contributed by atoms with Gasteiger partial charge in [-0.3, -0.25) is 0 Å². The van der Waals surface area contributed by atoms with Crippen molar-refractivity contribution in [3.63, 3.8) is 0 Å². The van der Waals surface area contributed by atoms with Crippen molar-refractivity contribution in [3.8, 4) is 0 Å². The Balaban J connectivity index is -0.000000169. The Bertz CT molecular complexity index is 377. The molecule has 0 radical (unpaired) electrons. The maximum Gasteiger partial charge on any atom is 4.00 e. The van der Waals surface area contributed by atoms with Crippen LogP contribution in [0.2, 0.25) is 0 Å². The van der Waals surface area contributed by atoms with Crippen LogP contribution in [0.3, 0.4) is 0 Å². The van der Waals surface area contributed by atoms with Crippen LogP contribution in [-0.2, 0) is 21.7 Å². The zero-order valence-electron chi connectivity index (χ0n) is 19.1. The summed E-state index contributed by atoms with van der Waals surface area (Å²) in [5.41, 5.74) is 0.141. The van der Waals surface area contributed by atoms with Crippen LogP contribution in [-0.4, -0.2) is 33.5 Å². The van der Waals surface area contributed by atoms with Crippen LogP contribution in [0.1, 0.15) is 69.2 Å². The smallest absolute Gasteiger partial charge is 0.852 e. The first-order valence-electron chi connectivity index (χ1n) is 9.42. The molecule has 1 aromatic carbocycles. The molecule has 1 aromatic rings. The molecule has 0 fully saturated rings. The van der Waals surface area contributed by atoms with Gasteiger partial charge in [0.15, 0.2) is 0 Å². The van der Waals surface area contributed by atoms with Gasteiger partial charge in [0.25, 0.3) is 0 Å². The van der Waals surface area contributed by atoms with Crippen molar-refractivity contribution in [1.29, 1.82) is 0 Å². The van der Waals surface area contributed by atoms with E-state index in [1.54, 1.807) is 41.5 Å². The zero-order chi connectivity index (χ0) is 21.3. The van der Waals surface area contributed by atoms with Crippen molar-refractivity contribution in [2.75, 3.05) is 0 Å². The van der Waals surface area contributed by atoms with E-state index in [1.807, 2.05) is 0 Å². The third-order valence-electron chi connectivity index (χ3n) is 2.92. The summed E-state index contributed by atoms with van der Waals surface area (Å²) >= 11 is 0. The molecule has 0 aliphatic rings. The van der Waals surface area contributed by atoms with Gasteiger partial charge in [0.1, 0.15) is 0 Å². The normalized spacial score (nSPS) is 10.7. The molecular formula is C21H41NO3SiTi. The Morgan fingerprint density at radius 2 is 1.04 bits per heavy atom. The van der Waals surface area contributed by atoms with Gasteiger partial charge in [0.05, 0.1) is 0 Å². The third kappa shape index (κ3) is 37.4. The Labute approximate surface area is 186 Å². The molecule has 0 N–H and O–H groups in total. The predicted octanol–water partition coefficient (Wildman–Crippen LogP) is 1.47. The van der Waals surface area contributed by atoms with Gasteiger partial charge in [0, 0.05) is 0 Å². The van der Waals surface area contributed by atoms with Crippen molar-refractivity contribution in [3.05, 3.63) is 35.3 Å². The molecule has 27 heavy (non-hydrogen) atoms. The van der Waals surface area contributed by atoms with E-state index in [-0.39, 0.29) is 27.3 Å². The number of hydrogen-bond acceptors (Lipinski definition) is 3. The molecule has 0 atom stereocenters. The van der Waals surface area contributed by atoms with Gasteiger partial charge in [-0.05, 0) is 0 Å². The second-order valence-electron chi connectivity index (χ2n) is 7.76. The molecule has 0 heterocycles. The molecule has 0 aliphatic heterocycles. The summed E-state index contributed by atoms with van der Waals surface area (Å²) in [5.74, 6) is 0.624. The first-order chi connectivity index (χ1) is 11.7. The van der Waals surface area contributed by atoms with E-state index in [4.69, 9.17) is 4.98 Å². The maximum atomic E-state index is 9.53. The molecule has 0 aliphatic carbocycles. The van der Waals surface area contributed by atoms with E-state index in [1.165, 1.54) is 5.19 Å². The Kier molecular flexibility index (Phi) is 26.5. The monoisotopic (exact) mass is 431 g/mol. The summed E-state index contributed by atoms with van der Waals surface area (Å²) < 4.78 is 0. The van der Waals surface area contributed by atoms with Crippen LogP contribution in [0.15, 0.2) is 30.3 Å². The van der Waals surface area contributed by atoms with E-state index < -0.39 is 28.0 Å². The number of nitrogens with zero attached hydrogens (tertiary/aromatic N) is 1. The van der Waals surface area contributed by atoms with Crippen molar-refractivity contribution in [2.24, 2.45) is 5.92 Å². The number of benzene rings is 1. The van der Waals surface area contributed by atoms with Gasteiger partial charge in [-0.25, -0.2) is 0 Å². The summed E-state index contributed by atoms with van der Waals surface area (Å²) in [6.45, 7) is 18.6. The fourth-order valence-corrected chi connectivity index (χ4v) is 2.50. The molecule has 0 amide bonds. The number of hydrogen-bond donors (Lipinski definition) is 0. The second-order valence-corrected chi connectivity index (χ2v) is 9.21. The minimum absolute atomic E-state index is 0. The third-order valence-corrected chi connectivity index (χ3v) is 4.73. The van der Waals surface area contributed by atoms with Gasteiger partial charge in [-0.15, -0.1) is 23.9 Å². The molecule has 0 unspecified atom stereocenters. The molecule has 0 saturated heterocycles. The number of rotatable bonds is 4. The fourth-order valence-electron chi connectivity index (χ4n) is 1.06. The van der Waals surface area contributed by atoms with E-state index in [0.717, 1.165) is 0 Å². The zero-order valence-corrected chi connectivity index (χ0v) is 22.1. The maximum absolute atomic E-state index is 9.53. The second kappa shape index (κ2) is 20.7. The average molecular weight is 432 g/mol. The summed E-state index contributed by atoms with van der Waals surface area (Å²) in [6.07, 6.45) is -1.25. The summed E-state index contributed by atoms with van der Waals surface area (Å²) in [5, 5.41) is 30.0. The van der Waals surface area contributed by atoms with E-state index in [0.29, 0.717) is 5.92 Å². The minimum Gasteiger partial charge on any atom is -0.852 e. The molecular weight excluding hydrogens is 390 g/mol. The topological polar surface area (TPSA) is 83.3 Å². The standard InChI is InChI=1S/C12H20NSi.3C3H7O.Ti/c1-10(2)12(3,4)13-14-11-8-6-5-7-9-11;3*1-3(2)4;/h5-10H,14H2,1-4H3;3*3H,1-2H3;/q4*-1;+4. The first kappa shape index (κ1) is 34.5. The molecule has 1 rings (SSSR count). The van der Waals surface area contributed by atoms with Crippen molar-refractivity contribution in [1.82, 2.24) is 0 Å². The van der Waals surface area contributed by atoms with Crippen LogP contribution in [0.25, 0.3) is 4.98 Å². The Morgan fingerprint density at radius 1 is 0.741 bits per heavy atom. The summed E-state index contributed by atoms with van der Waals surface area (Å²) in [6, 6.07) is 10.6. The van der Waals surface area contributed by atoms with Crippen LogP contribution < -0.4 is 20.5 Å². The van der Waals surface area contributed by atoms with Crippen molar-refractivity contribution >= 4 is 14.9 Å². The first-order valence-corrected chi connectivity index (χ1v) is 10.8.